The van der Waals surface area contributed by atoms with Crippen molar-refractivity contribution in [1.82, 2.24) is 4.57 Å². The maximum absolute atomic E-state index is 13.4. The standard InChI is InChI=1S/C27H21FN2O6/c1-34-19-8-2-16(3-9-19)26(32)21-14-30(15-25(31)29-18-6-4-17(28)5-7-18)22-13-24-23(35-10-11-36-24)12-20(22)27(21)33/h2-9,12-14H,10-11,15H2,1H3,(H,29,31). The van der Waals surface area contributed by atoms with Crippen LogP contribution in [0.1, 0.15) is 15.9 Å². The van der Waals surface area contributed by atoms with Gasteiger partial charge in [-0.3, -0.25) is 14.4 Å². The lowest BCUT2D eigenvalue weighted by molar-refractivity contribution is -0.116. The Bertz CT molecular complexity index is 1530. The van der Waals surface area contributed by atoms with Gasteiger partial charge in [0.2, 0.25) is 11.3 Å². The van der Waals surface area contributed by atoms with Crippen LogP contribution in [0.4, 0.5) is 10.1 Å². The maximum Gasteiger partial charge on any atom is 0.244 e. The summed E-state index contributed by atoms with van der Waals surface area (Å²) in [6, 6.07) is 14.9. The molecule has 0 saturated heterocycles. The van der Waals surface area contributed by atoms with Crippen molar-refractivity contribution in [3.05, 3.63) is 94.0 Å². The predicted octanol–water partition coefficient (Wildman–Crippen LogP) is 3.79. The van der Waals surface area contributed by atoms with E-state index < -0.39 is 22.9 Å². The molecule has 0 unspecified atom stereocenters. The van der Waals surface area contributed by atoms with Crippen LogP contribution in [0.5, 0.6) is 17.2 Å². The zero-order valence-electron chi connectivity index (χ0n) is 19.2. The number of ether oxygens (including phenoxy) is 3. The molecular formula is C27H21FN2O6. The summed E-state index contributed by atoms with van der Waals surface area (Å²) in [5, 5.41) is 2.91. The number of hydrogen-bond donors (Lipinski definition) is 1. The lowest BCUT2D eigenvalue weighted by Crippen LogP contribution is -2.25. The number of aromatic nitrogens is 1. The van der Waals surface area contributed by atoms with Crippen LogP contribution in [-0.2, 0) is 11.3 Å². The third-order valence-corrected chi connectivity index (χ3v) is 5.78. The minimum atomic E-state index is -0.493. The van der Waals surface area contributed by atoms with Gasteiger partial charge in [-0.25, -0.2) is 4.39 Å². The lowest BCUT2D eigenvalue weighted by Gasteiger charge is -2.20. The third-order valence-electron chi connectivity index (χ3n) is 5.78. The molecule has 4 aromatic rings. The normalized spacial score (nSPS) is 12.3. The van der Waals surface area contributed by atoms with Crippen LogP contribution < -0.4 is 25.0 Å². The topological polar surface area (TPSA) is 95.9 Å². The zero-order chi connectivity index (χ0) is 25.2. The second-order valence-corrected chi connectivity index (χ2v) is 8.13. The summed E-state index contributed by atoms with van der Waals surface area (Å²) in [4.78, 5) is 39.6. The summed E-state index contributed by atoms with van der Waals surface area (Å²) in [6.07, 6.45) is 1.37. The van der Waals surface area contributed by atoms with Gasteiger partial charge in [0.15, 0.2) is 17.3 Å². The number of pyridine rings is 1. The molecule has 0 spiro atoms. The van der Waals surface area contributed by atoms with E-state index in [1.165, 1.54) is 48.2 Å². The number of anilines is 1. The number of halogens is 1. The van der Waals surface area contributed by atoms with E-state index in [-0.39, 0.29) is 17.5 Å². The fourth-order valence-corrected chi connectivity index (χ4v) is 4.01. The van der Waals surface area contributed by atoms with Gasteiger partial charge in [-0.15, -0.1) is 0 Å². The van der Waals surface area contributed by atoms with E-state index in [1.807, 2.05) is 0 Å². The van der Waals surface area contributed by atoms with Crippen LogP contribution in [0.15, 0.2) is 71.7 Å². The average molecular weight is 488 g/mol. The molecule has 0 radical (unpaired) electrons. The van der Waals surface area contributed by atoms with Crippen LogP contribution in [-0.4, -0.2) is 36.6 Å². The molecule has 8 nitrogen and oxygen atoms in total. The number of methoxy groups -OCH3 is 1. The number of nitrogens with zero attached hydrogens (tertiary/aromatic N) is 1. The molecule has 3 aromatic carbocycles. The first-order chi connectivity index (χ1) is 17.4. The molecule has 0 aliphatic carbocycles. The quantitative estimate of drug-likeness (QED) is 0.415. The Morgan fingerprint density at radius 1 is 1.00 bits per heavy atom. The van der Waals surface area contributed by atoms with Crippen molar-refractivity contribution in [3.63, 3.8) is 0 Å². The SMILES string of the molecule is COc1ccc(C(=O)c2cn(CC(=O)Nc3ccc(F)cc3)c3cc4c(cc3c2=O)OCCO4)cc1. The van der Waals surface area contributed by atoms with E-state index >= 15 is 0 Å². The minimum Gasteiger partial charge on any atom is -0.497 e. The van der Waals surface area contributed by atoms with Crippen molar-refractivity contribution >= 4 is 28.3 Å². The van der Waals surface area contributed by atoms with Crippen LogP contribution in [0.2, 0.25) is 0 Å². The van der Waals surface area contributed by atoms with E-state index in [9.17, 15) is 18.8 Å². The number of rotatable bonds is 6. The average Bonchev–Trinajstić information content (AvgIpc) is 2.90. The number of amides is 1. The van der Waals surface area contributed by atoms with E-state index in [0.717, 1.165) is 0 Å². The summed E-state index contributed by atoms with van der Waals surface area (Å²) in [5.74, 6) is 0.0607. The number of nitrogens with one attached hydrogen (secondary N) is 1. The Morgan fingerprint density at radius 2 is 1.67 bits per heavy atom. The maximum atomic E-state index is 13.4. The van der Waals surface area contributed by atoms with Crippen molar-refractivity contribution in [2.24, 2.45) is 0 Å². The van der Waals surface area contributed by atoms with Gasteiger partial charge in [0, 0.05) is 23.5 Å². The molecule has 0 bridgehead atoms. The number of fused-ring (bicyclic) bond motifs is 2. The van der Waals surface area contributed by atoms with Gasteiger partial charge in [-0.1, -0.05) is 0 Å². The smallest absolute Gasteiger partial charge is 0.244 e. The molecule has 0 fully saturated rings. The van der Waals surface area contributed by atoms with Crippen LogP contribution >= 0.6 is 0 Å². The molecule has 0 atom stereocenters. The summed E-state index contributed by atoms with van der Waals surface area (Å²) < 4.78 is 31.2. The molecule has 1 aromatic heterocycles. The van der Waals surface area contributed by atoms with Crippen LogP contribution in [0.3, 0.4) is 0 Å². The number of ketones is 1. The second-order valence-electron chi connectivity index (χ2n) is 8.13. The largest absolute Gasteiger partial charge is 0.497 e. The van der Waals surface area contributed by atoms with Gasteiger partial charge in [0.25, 0.3) is 0 Å². The van der Waals surface area contributed by atoms with Crippen molar-refractivity contribution < 1.29 is 28.2 Å². The zero-order valence-corrected chi connectivity index (χ0v) is 19.2. The molecule has 36 heavy (non-hydrogen) atoms. The molecule has 182 valence electrons. The fourth-order valence-electron chi connectivity index (χ4n) is 4.01. The first kappa shape index (κ1) is 23.1. The highest BCUT2D eigenvalue weighted by Gasteiger charge is 2.22. The van der Waals surface area contributed by atoms with Crippen molar-refractivity contribution in [2.45, 2.75) is 6.54 Å². The van der Waals surface area contributed by atoms with Crippen molar-refractivity contribution in [2.75, 3.05) is 25.6 Å². The molecule has 5 rings (SSSR count). The Labute approximate surface area is 204 Å². The molecule has 1 amide bonds. The van der Waals surface area contributed by atoms with Gasteiger partial charge >= 0.3 is 0 Å². The lowest BCUT2D eigenvalue weighted by atomic mass is 10.0. The first-order valence-electron chi connectivity index (χ1n) is 11.1. The number of hydrogen-bond acceptors (Lipinski definition) is 6. The van der Waals surface area contributed by atoms with Gasteiger partial charge in [-0.05, 0) is 54.6 Å². The predicted molar refractivity (Wildman–Crippen MR) is 131 cm³/mol. The highest BCUT2D eigenvalue weighted by molar-refractivity contribution is 6.10. The van der Waals surface area contributed by atoms with E-state index in [1.54, 1.807) is 30.3 Å². The van der Waals surface area contributed by atoms with Gasteiger partial charge in [0.05, 0.1) is 23.6 Å². The van der Waals surface area contributed by atoms with Gasteiger partial charge in [-0.2, -0.15) is 0 Å². The van der Waals surface area contributed by atoms with Crippen LogP contribution in [0, 0.1) is 5.82 Å². The molecule has 0 saturated carbocycles. The minimum absolute atomic E-state index is 0.0982. The number of carbonyl (C=O) groups is 2. The summed E-state index contributed by atoms with van der Waals surface area (Å²) in [5.41, 5.74) is 0.532. The Morgan fingerprint density at radius 3 is 2.33 bits per heavy atom. The highest BCUT2D eigenvalue weighted by atomic mass is 19.1. The summed E-state index contributed by atoms with van der Waals surface area (Å²) >= 11 is 0. The van der Waals surface area contributed by atoms with E-state index in [0.29, 0.717) is 47.2 Å². The molecule has 2 heterocycles. The highest BCUT2D eigenvalue weighted by Crippen LogP contribution is 2.34. The molecule has 9 heteroatoms. The second kappa shape index (κ2) is 9.53. The van der Waals surface area contributed by atoms with Crippen LogP contribution in [0.25, 0.3) is 10.9 Å². The monoisotopic (exact) mass is 488 g/mol. The Balaban J connectivity index is 1.58. The Kier molecular flexibility index (Phi) is 6.12. The number of benzene rings is 3. The molecule has 1 aliphatic heterocycles. The van der Waals surface area contributed by atoms with E-state index in [4.69, 9.17) is 14.2 Å². The molecule has 1 aliphatic rings. The van der Waals surface area contributed by atoms with Gasteiger partial charge < -0.3 is 24.1 Å². The third kappa shape index (κ3) is 4.50. The molecular weight excluding hydrogens is 467 g/mol. The summed E-state index contributed by atoms with van der Waals surface area (Å²) in [6.45, 7) is 0.468. The fraction of sp³-hybridized carbons (Fsp3) is 0.148. The Hall–Kier alpha value is -4.66. The molecule has 1 N–H and O–H groups in total. The summed E-state index contributed by atoms with van der Waals surface area (Å²) in [7, 11) is 1.52. The van der Waals surface area contributed by atoms with E-state index in [2.05, 4.69) is 5.32 Å². The number of carbonyl (C=O) groups excluding carboxylic acids is 2. The first-order valence-corrected chi connectivity index (χ1v) is 11.1. The van der Waals surface area contributed by atoms with Crippen molar-refractivity contribution in [3.8, 4) is 17.2 Å². The van der Waals surface area contributed by atoms with Gasteiger partial charge in [0.1, 0.15) is 31.3 Å². The van der Waals surface area contributed by atoms with Crippen molar-refractivity contribution in [1.29, 1.82) is 0 Å².